The van der Waals surface area contributed by atoms with E-state index < -0.39 is 17.3 Å². The topological polar surface area (TPSA) is 58.6 Å². The van der Waals surface area contributed by atoms with Crippen LogP contribution in [0.25, 0.3) is 0 Å². The predicted octanol–water partition coefficient (Wildman–Crippen LogP) is 2.65. The number of aliphatic carboxylic acids is 1. The maximum absolute atomic E-state index is 13.7. The van der Waals surface area contributed by atoms with Gasteiger partial charge in [0.1, 0.15) is 11.4 Å². The number of carboxylic acids is 1. The molecule has 0 spiro atoms. The summed E-state index contributed by atoms with van der Waals surface area (Å²) in [6.07, 6.45) is 0.250. The molecule has 104 valence electrons. The molecule has 1 aromatic rings. The van der Waals surface area contributed by atoms with Crippen LogP contribution in [0.15, 0.2) is 24.3 Å². The number of hydrogen-bond acceptors (Lipinski definition) is 3. The van der Waals surface area contributed by atoms with Crippen LogP contribution < -0.4 is 5.32 Å². The summed E-state index contributed by atoms with van der Waals surface area (Å²) in [5.74, 6) is -1.42. The Kier molecular flexibility index (Phi) is 3.75. The van der Waals surface area contributed by atoms with E-state index in [4.69, 9.17) is 4.74 Å². The van der Waals surface area contributed by atoms with Gasteiger partial charge < -0.3 is 15.2 Å². The van der Waals surface area contributed by atoms with Crippen LogP contribution in [-0.4, -0.2) is 28.8 Å². The minimum Gasteiger partial charge on any atom is -0.480 e. The highest BCUT2D eigenvalue weighted by Crippen LogP contribution is 2.33. The van der Waals surface area contributed by atoms with Crippen molar-refractivity contribution in [3.63, 3.8) is 0 Å². The molecule has 1 aliphatic rings. The van der Waals surface area contributed by atoms with Gasteiger partial charge in [-0.2, -0.15) is 0 Å². The molecule has 4 nitrogen and oxygen atoms in total. The van der Waals surface area contributed by atoms with E-state index in [9.17, 15) is 14.3 Å². The lowest BCUT2D eigenvalue weighted by Gasteiger charge is -2.40. The van der Waals surface area contributed by atoms with Gasteiger partial charge in [0.25, 0.3) is 0 Å². The van der Waals surface area contributed by atoms with Gasteiger partial charge in [-0.25, -0.2) is 9.18 Å². The number of ether oxygens (including phenoxy) is 1. The number of rotatable bonds is 3. The number of halogens is 1. The lowest BCUT2D eigenvalue weighted by atomic mass is 9.84. The zero-order valence-electron chi connectivity index (χ0n) is 11.0. The fourth-order valence-electron chi connectivity index (χ4n) is 2.71. The van der Waals surface area contributed by atoms with Gasteiger partial charge >= 0.3 is 5.97 Å². The lowest BCUT2D eigenvalue weighted by molar-refractivity contribution is -0.151. The van der Waals surface area contributed by atoms with Crippen molar-refractivity contribution in [1.82, 2.24) is 0 Å². The van der Waals surface area contributed by atoms with Crippen molar-refractivity contribution >= 4 is 11.7 Å². The van der Waals surface area contributed by atoms with Crippen molar-refractivity contribution in [2.75, 3.05) is 5.32 Å². The van der Waals surface area contributed by atoms with Gasteiger partial charge in [0, 0.05) is 12.8 Å². The second-order valence-corrected chi connectivity index (χ2v) is 5.16. The molecule has 1 saturated heterocycles. The van der Waals surface area contributed by atoms with Crippen LogP contribution in [0.5, 0.6) is 0 Å². The summed E-state index contributed by atoms with van der Waals surface area (Å²) < 4.78 is 19.2. The molecule has 2 unspecified atom stereocenters. The molecule has 0 aromatic heterocycles. The number of nitrogens with one attached hydrogen (secondary N) is 1. The molecule has 1 heterocycles. The minimum absolute atomic E-state index is 0.181. The van der Waals surface area contributed by atoms with E-state index in [1.54, 1.807) is 18.2 Å². The first-order chi connectivity index (χ1) is 8.93. The summed E-state index contributed by atoms with van der Waals surface area (Å²) in [6, 6.07) is 6.10. The van der Waals surface area contributed by atoms with Gasteiger partial charge in [-0.3, -0.25) is 0 Å². The third-order valence-corrected chi connectivity index (χ3v) is 3.39. The largest absolute Gasteiger partial charge is 0.480 e. The number of para-hydroxylation sites is 1. The Labute approximate surface area is 111 Å². The van der Waals surface area contributed by atoms with Crippen molar-refractivity contribution in [2.45, 2.75) is 44.4 Å². The summed E-state index contributed by atoms with van der Waals surface area (Å²) in [6.45, 7) is 3.66. The third kappa shape index (κ3) is 2.87. The van der Waals surface area contributed by atoms with E-state index >= 15 is 0 Å². The minimum atomic E-state index is -1.18. The van der Waals surface area contributed by atoms with Crippen molar-refractivity contribution in [1.29, 1.82) is 0 Å². The van der Waals surface area contributed by atoms with Crippen LogP contribution >= 0.6 is 0 Å². The van der Waals surface area contributed by atoms with E-state index in [1.165, 1.54) is 6.07 Å². The first-order valence-corrected chi connectivity index (χ1v) is 6.34. The highest BCUT2D eigenvalue weighted by molar-refractivity contribution is 5.83. The van der Waals surface area contributed by atoms with Crippen LogP contribution in [0.1, 0.15) is 26.7 Å². The SMILES string of the molecule is CC1CC(Nc2ccccc2F)(C(=O)O)CC(C)O1. The van der Waals surface area contributed by atoms with Crippen molar-refractivity contribution in [2.24, 2.45) is 0 Å². The lowest BCUT2D eigenvalue weighted by Crippen LogP contribution is -2.54. The number of carbonyl (C=O) groups is 1. The maximum atomic E-state index is 13.7. The summed E-state index contributed by atoms with van der Waals surface area (Å²) in [7, 11) is 0. The molecule has 0 saturated carbocycles. The van der Waals surface area contributed by atoms with E-state index in [2.05, 4.69) is 5.32 Å². The zero-order valence-corrected chi connectivity index (χ0v) is 11.0. The molecule has 1 aromatic carbocycles. The highest BCUT2D eigenvalue weighted by Gasteiger charge is 2.45. The van der Waals surface area contributed by atoms with Gasteiger partial charge in [-0.15, -0.1) is 0 Å². The number of carboxylic acid groups (broad SMARTS) is 1. The number of hydrogen-bond donors (Lipinski definition) is 2. The molecule has 0 radical (unpaired) electrons. The Morgan fingerprint density at radius 3 is 2.47 bits per heavy atom. The molecular weight excluding hydrogens is 249 g/mol. The average molecular weight is 267 g/mol. The Balaban J connectivity index is 2.30. The standard InChI is InChI=1S/C14H18FNO3/c1-9-7-14(13(17)18,8-10(2)19-9)16-12-6-4-3-5-11(12)15/h3-6,9-10,16H,7-8H2,1-2H3,(H,17,18). The van der Waals surface area contributed by atoms with Crippen LogP contribution in [0.4, 0.5) is 10.1 Å². The van der Waals surface area contributed by atoms with Gasteiger partial charge in [0.05, 0.1) is 17.9 Å². The van der Waals surface area contributed by atoms with Gasteiger partial charge in [-0.05, 0) is 26.0 Å². The first kappa shape index (κ1) is 13.8. The molecule has 19 heavy (non-hydrogen) atoms. The number of anilines is 1. The average Bonchev–Trinajstić information content (AvgIpc) is 2.30. The van der Waals surface area contributed by atoms with Gasteiger partial charge in [0.2, 0.25) is 0 Å². The highest BCUT2D eigenvalue weighted by atomic mass is 19.1. The van der Waals surface area contributed by atoms with Crippen molar-refractivity contribution in [3.05, 3.63) is 30.1 Å². The second-order valence-electron chi connectivity index (χ2n) is 5.16. The second kappa shape index (κ2) is 5.17. The fraction of sp³-hybridized carbons (Fsp3) is 0.500. The maximum Gasteiger partial charge on any atom is 0.329 e. The van der Waals surface area contributed by atoms with E-state index in [1.807, 2.05) is 13.8 Å². The molecule has 0 aliphatic carbocycles. The van der Waals surface area contributed by atoms with Crippen LogP contribution in [-0.2, 0) is 9.53 Å². The van der Waals surface area contributed by atoms with E-state index in [0.717, 1.165) is 0 Å². The third-order valence-electron chi connectivity index (χ3n) is 3.39. The molecule has 1 aliphatic heterocycles. The normalized spacial score (nSPS) is 30.9. The Morgan fingerprint density at radius 1 is 1.37 bits per heavy atom. The molecule has 0 amide bonds. The Hall–Kier alpha value is -1.62. The monoisotopic (exact) mass is 267 g/mol. The molecular formula is C14H18FNO3. The summed E-state index contributed by atoms with van der Waals surface area (Å²) in [4.78, 5) is 11.6. The van der Waals surface area contributed by atoms with Crippen molar-refractivity contribution < 1.29 is 19.0 Å². The Bertz CT molecular complexity index is 468. The van der Waals surface area contributed by atoms with Gasteiger partial charge in [0.15, 0.2) is 0 Å². The smallest absolute Gasteiger partial charge is 0.329 e. The van der Waals surface area contributed by atoms with Gasteiger partial charge in [-0.1, -0.05) is 12.1 Å². The number of benzene rings is 1. The summed E-state index contributed by atoms with van der Waals surface area (Å²) in [5, 5.41) is 12.4. The zero-order chi connectivity index (χ0) is 14.0. The summed E-state index contributed by atoms with van der Waals surface area (Å²) in [5.41, 5.74) is -0.967. The molecule has 2 N–H and O–H groups in total. The molecule has 2 rings (SSSR count). The van der Waals surface area contributed by atoms with E-state index in [-0.39, 0.29) is 17.9 Å². The fourth-order valence-corrected chi connectivity index (χ4v) is 2.71. The quantitative estimate of drug-likeness (QED) is 0.884. The van der Waals surface area contributed by atoms with Crippen LogP contribution in [0.2, 0.25) is 0 Å². The predicted molar refractivity (Wildman–Crippen MR) is 69.6 cm³/mol. The molecule has 0 bridgehead atoms. The molecule has 1 fully saturated rings. The molecule has 2 atom stereocenters. The van der Waals surface area contributed by atoms with Crippen LogP contribution in [0, 0.1) is 5.82 Å². The Morgan fingerprint density at radius 2 is 1.95 bits per heavy atom. The van der Waals surface area contributed by atoms with E-state index in [0.29, 0.717) is 12.8 Å². The molecule has 5 heteroatoms. The first-order valence-electron chi connectivity index (χ1n) is 6.34. The van der Waals surface area contributed by atoms with Crippen molar-refractivity contribution in [3.8, 4) is 0 Å². The van der Waals surface area contributed by atoms with Crippen LogP contribution in [0.3, 0.4) is 0 Å². The summed E-state index contributed by atoms with van der Waals surface area (Å²) >= 11 is 0.